The fourth-order valence-electron chi connectivity index (χ4n) is 4.78. The number of hydrazone groups is 1. The Bertz CT molecular complexity index is 1070. The molecule has 6 rings (SSSR count). The summed E-state index contributed by atoms with van der Waals surface area (Å²) in [6.07, 6.45) is 7.44. The van der Waals surface area contributed by atoms with Gasteiger partial charge in [0.1, 0.15) is 11.5 Å². The third-order valence-electron chi connectivity index (χ3n) is 6.23. The zero-order chi connectivity index (χ0) is 20.8. The Morgan fingerprint density at radius 2 is 1.80 bits per heavy atom. The van der Waals surface area contributed by atoms with Gasteiger partial charge in [0.15, 0.2) is 0 Å². The Morgan fingerprint density at radius 1 is 1.10 bits per heavy atom. The Kier molecular flexibility index (Phi) is 4.38. The smallest absolute Gasteiger partial charge is 0.337 e. The van der Waals surface area contributed by atoms with Crippen molar-refractivity contribution < 1.29 is 23.5 Å². The van der Waals surface area contributed by atoms with Crippen LogP contribution >= 0.6 is 0 Å². The predicted octanol–water partition coefficient (Wildman–Crippen LogP) is 3.26. The number of rotatable bonds is 4. The minimum absolute atomic E-state index is 0.133. The number of imide groups is 1. The molecule has 1 aromatic carbocycles. The highest BCUT2D eigenvalue weighted by Crippen LogP contribution is 2.49. The maximum Gasteiger partial charge on any atom is 0.337 e. The van der Waals surface area contributed by atoms with Gasteiger partial charge in [0, 0.05) is 5.56 Å². The summed E-state index contributed by atoms with van der Waals surface area (Å²) in [4.78, 5) is 37.3. The lowest BCUT2D eigenvalue weighted by Crippen LogP contribution is -2.38. The summed E-state index contributed by atoms with van der Waals surface area (Å²) in [5.41, 5.74) is 1.13. The molecule has 7 heteroatoms. The molecule has 3 aliphatic carbocycles. The van der Waals surface area contributed by atoms with Crippen LogP contribution in [-0.2, 0) is 14.3 Å². The van der Waals surface area contributed by atoms with Crippen molar-refractivity contribution in [1.82, 2.24) is 5.01 Å². The van der Waals surface area contributed by atoms with E-state index in [-0.39, 0.29) is 35.5 Å². The summed E-state index contributed by atoms with van der Waals surface area (Å²) in [5.74, 6) is -0.236. The molecule has 152 valence electrons. The van der Waals surface area contributed by atoms with Gasteiger partial charge in [-0.05, 0) is 48.9 Å². The molecule has 30 heavy (non-hydrogen) atoms. The first kappa shape index (κ1) is 18.5. The van der Waals surface area contributed by atoms with Crippen LogP contribution in [0.3, 0.4) is 0 Å². The van der Waals surface area contributed by atoms with Crippen LogP contribution in [0.5, 0.6) is 0 Å². The molecular weight excluding hydrogens is 384 g/mol. The lowest BCUT2D eigenvalue weighted by Gasteiger charge is -2.37. The zero-order valence-corrected chi connectivity index (χ0v) is 16.4. The van der Waals surface area contributed by atoms with E-state index in [0.717, 1.165) is 17.9 Å². The van der Waals surface area contributed by atoms with Gasteiger partial charge in [0.2, 0.25) is 0 Å². The number of benzene rings is 1. The molecule has 4 atom stereocenters. The molecule has 1 aromatic heterocycles. The lowest BCUT2D eigenvalue weighted by atomic mass is 9.63. The quantitative estimate of drug-likeness (QED) is 0.338. The van der Waals surface area contributed by atoms with E-state index < -0.39 is 5.97 Å². The first-order chi connectivity index (χ1) is 14.6. The van der Waals surface area contributed by atoms with Crippen molar-refractivity contribution in [3.05, 3.63) is 59.9 Å². The van der Waals surface area contributed by atoms with Gasteiger partial charge in [0.25, 0.3) is 11.8 Å². The molecule has 7 nitrogen and oxygen atoms in total. The van der Waals surface area contributed by atoms with Crippen LogP contribution in [0.4, 0.5) is 0 Å². The maximum atomic E-state index is 12.8. The lowest BCUT2D eigenvalue weighted by molar-refractivity contribution is -0.140. The molecule has 2 aromatic rings. The van der Waals surface area contributed by atoms with Gasteiger partial charge in [0.05, 0.1) is 30.7 Å². The molecule has 2 amide bonds. The van der Waals surface area contributed by atoms with Crippen LogP contribution in [-0.4, -0.2) is 36.1 Å². The average molecular weight is 404 g/mol. The molecule has 2 bridgehead atoms. The zero-order valence-electron chi connectivity index (χ0n) is 16.4. The maximum absolute atomic E-state index is 12.8. The Balaban J connectivity index is 1.35. The minimum Gasteiger partial charge on any atom is -0.465 e. The molecule has 2 fully saturated rings. The number of nitrogens with zero attached hydrogens (tertiary/aromatic N) is 2. The highest BCUT2D eigenvalue weighted by molar-refractivity contribution is 6.06. The van der Waals surface area contributed by atoms with Crippen LogP contribution < -0.4 is 0 Å². The van der Waals surface area contributed by atoms with Crippen molar-refractivity contribution in [2.45, 2.75) is 12.8 Å². The minimum atomic E-state index is -0.429. The van der Waals surface area contributed by atoms with Crippen molar-refractivity contribution in [3.8, 4) is 11.3 Å². The molecule has 0 spiro atoms. The number of carbonyl (C=O) groups excluding carboxylic acids is 3. The number of carbonyl (C=O) groups is 3. The second-order valence-electron chi connectivity index (χ2n) is 7.85. The predicted molar refractivity (Wildman–Crippen MR) is 107 cm³/mol. The number of allylic oxidation sites excluding steroid dienone is 2. The van der Waals surface area contributed by atoms with Gasteiger partial charge < -0.3 is 9.15 Å². The van der Waals surface area contributed by atoms with Crippen molar-refractivity contribution in [2.75, 3.05) is 7.11 Å². The summed E-state index contributed by atoms with van der Waals surface area (Å²) in [5, 5.41) is 5.16. The number of esters is 1. The van der Waals surface area contributed by atoms with E-state index in [1.165, 1.54) is 13.3 Å². The molecule has 4 aliphatic rings. The fourth-order valence-corrected chi connectivity index (χ4v) is 4.78. The third kappa shape index (κ3) is 2.89. The number of amides is 2. The highest BCUT2D eigenvalue weighted by atomic mass is 16.5. The molecular formula is C23H20N2O5. The van der Waals surface area contributed by atoms with Crippen LogP contribution in [0.25, 0.3) is 11.3 Å². The van der Waals surface area contributed by atoms with Crippen molar-refractivity contribution in [1.29, 1.82) is 0 Å². The van der Waals surface area contributed by atoms with Crippen molar-refractivity contribution in [2.24, 2.45) is 28.8 Å². The van der Waals surface area contributed by atoms with Crippen LogP contribution in [0.15, 0.2) is 58.1 Å². The third-order valence-corrected chi connectivity index (χ3v) is 6.23. The SMILES string of the molecule is COC(=O)c1cccc(-c2ccc(/C=N\N3C(=O)[C@@H]4[C@@H](C3=O)[C@H]3C=C[C@H]4CC3)o2)c1. The van der Waals surface area contributed by atoms with Crippen LogP contribution in [0.1, 0.15) is 29.0 Å². The van der Waals surface area contributed by atoms with E-state index in [2.05, 4.69) is 17.3 Å². The van der Waals surface area contributed by atoms with Gasteiger partial charge in [-0.15, -0.1) is 0 Å². The first-order valence-corrected chi connectivity index (χ1v) is 9.95. The Morgan fingerprint density at radius 3 is 2.43 bits per heavy atom. The second-order valence-corrected chi connectivity index (χ2v) is 7.85. The van der Waals surface area contributed by atoms with E-state index in [1.807, 2.05) is 6.07 Å². The number of hydrogen-bond acceptors (Lipinski definition) is 6. The molecule has 0 unspecified atom stereocenters. The van der Waals surface area contributed by atoms with Gasteiger partial charge in [-0.2, -0.15) is 10.1 Å². The van der Waals surface area contributed by atoms with E-state index >= 15 is 0 Å². The summed E-state index contributed by atoms with van der Waals surface area (Å²) in [6.45, 7) is 0. The van der Waals surface area contributed by atoms with Crippen molar-refractivity contribution in [3.63, 3.8) is 0 Å². The molecule has 2 heterocycles. The molecule has 1 saturated carbocycles. The van der Waals surface area contributed by atoms with Crippen molar-refractivity contribution >= 4 is 24.0 Å². The van der Waals surface area contributed by atoms with Gasteiger partial charge in [-0.25, -0.2) is 4.79 Å². The Labute approximate surface area is 173 Å². The van der Waals surface area contributed by atoms with E-state index in [0.29, 0.717) is 22.6 Å². The van der Waals surface area contributed by atoms with Gasteiger partial charge in [-0.3, -0.25) is 9.59 Å². The summed E-state index contributed by atoms with van der Waals surface area (Å²) in [6, 6.07) is 10.3. The highest BCUT2D eigenvalue weighted by Gasteiger charge is 2.56. The fraction of sp³-hybridized carbons (Fsp3) is 0.304. The van der Waals surface area contributed by atoms with E-state index in [9.17, 15) is 14.4 Å². The topological polar surface area (TPSA) is 89.2 Å². The summed E-state index contributed by atoms with van der Waals surface area (Å²) < 4.78 is 10.5. The van der Waals surface area contributed by atoms with Gasteiger partial charge >= 0.3 is 5.97 Å². The molecule has 1 saturated heterocycles. The number of methoxy groups -OCH3 is 1. The largest absolute Gasteiger partial charge is 0.465 e. The monoisotopic (exact) mass is 404 g/mol. The van der Waals surface area contributed by atoms with Crippen LogP contribution in [0, 0.1) is 23.7 Å². The second kappa shape index (κ2) is 7.09. The number of fused-ring (bicyclic) bond motifs is 1. The molecule has 0 N–H and O–H groups in total. The van der Waals surface area contributed by atoms with Crippen LogP contribution in [0.2, 0.25) is 0 Å². The Hall–Kier alpha value is -3.48. The molecule has 1 aliphatic heterocycles. The normalized spacial score (nSPS) is 27.2. The number of hydrogen-bond donors (Lipinski definition) is 0. The first-order valence-electron chi connectivity index (χ1n) is 9.95. The molecule has 0 radical (unpaired) electrons. The van der Waals surface area contributed by atoms with E-state index in [1.54, 1.807) is 30.3 Å². The van der Waals surface area contributed by atoms with E-state index in [4.69, 9.17) is 9.15 Å². The summed E-state index contributed by atoms with van der Waals surface area (Å²) in [7, 11) is 1.33. The number of furan rings is 1. The number of ether oxygens (including phenoxy) is 1. The standard InChI is InChI=1S/C23H20N2O5/c1-29-23(28)16-4-2-3-15(11-16)18-10-9-17(30-18)12-24-25-21(26)19-13-5-6-14(8-7-13)20(19)22(25)27/h2-6,9-14,19-20H,7-8H2,1H3/b24-12-/t13-,14-,19-,20-/m0/s1. The summed E-state index contributed by atoms with van der Waals surface area (Å²) >= 11 is 0. The average Bonchev–Trinajstić information content (AvgIpc) is 3.37. The van der Waals surface area contributed by atoms with Gasteiger partial charge in [-0.1, -0.05) is 24.3 Å².